The Balaban J connectivity index is 2.32. The third-order valence-corrected chi connectivity index (χ3v) is 3.55. The number of carbonyl (C=O) groups is 1. The second-order valence-electron chi connectivity index (χ2n) is 6.23. The number of pyridine rings is 1. The molecule has 0 aromatic carbocycles. The Morgan fingerprint density at radius 2 is 1.95 bits per heavy atom. The van der Waals surface area contributed by atoms with Crippen molar-refractivity contribution in [1.82, 2.24) is 9.88 Å². The average Bonchev–Trinajstić information content (AvgIpc) is 2.80. The van der Waals surface area contributed by atoms with Crippen molar-refractivity contribution in [2.45, 2.75) is 45.6 Å². The monoisotopic (exact) mass is 262 g/mol. The van der Waals surface area contributed by atoms with Crippen molar-refractivity contribution < 1.29 is 9.90 Å². The van der Waals surface area contributed by atoms with E-state index in [-0.39, 0.29) is 5.41 Å². The van der Waals surface area contributed by atoms with Crippen LogP contribution in [0.5, 0.6) is 0 Å². The Hall–Kier alpha value is -1.42. The Bertz CT molecular complexity index is 472. The van der Waals surface area contributed by atoms with Crippen LogP contribution in [0.4, 0.5) is 0 Å². The van der Waals surface area contributed by atoms with Crippen molar-refractivity contribution in [3.63, 3.8) is 0 Å². The topological polar surface area (TPSA) is 53.4 Å². The molecule has 2 rings (SSSR count). The van der Waals surface area contributed by atoms with E-state index in [1.165, 1.54) is 12.8 Å². The van der Waals surface area contributed by atoms with Gasteiger partial charge in [-0.25, -0.2) is 4.79 Å². The SMILES string of the molecule is CC(C)(C)c1ccc(C(=O)O)c(CN2CCCC2)n1. The fourth-order valence-electron chi connectivity index (χ4n) is 2.39. The van der Waals surface area contributed by atoms with Gasteiger partial charge >= 0.3 is 5.97 Å². The lowest BCUT2D eigenvalue weighted by molar-refractivity contribution is 0.0694. The van der Waals surface area contributed by atoms with Crippen LogP contribution in [0.25, 0.3) is 0 Å². The summed E-state index contributed by atoms with van der Waals surface area (Å²) in [6.45, 7) is 9.01. The lowest BCUT2D eigenvalue weighted by Crippen LogP contribution is -2.23. The van der Waals surface area contributed by atoms with Gasteiger partial charge in [0, 0.05) is 17.7 Å². The van der Waals surface area contributed by atoms with Gasteiger partial charge in [-0.05, 0) is 38.1 Å². The maximum atomic E-state index is 11.3. The fourth-order valence-corrected chi connectivity index (χ4v) is 2.39. The minimum absolute atomic E-state index is 0.0587. The van der Waals surface area contributed by atoms with Crippen LogP contribution in [-0.2, 0) is 12.0 Å². The van der Waals surface area contributed by atoms with Crippen molar-refractivity contribution >= 4 is 5.97 Å². The lowest BCUT2D eigenvalue weighted by atomic mass is 9.91. The first-order chi connectivity index (χ1) is 8.88. The van der Waals surface area contributed by atoms with Crippen LogP contribution in [-0.4, -0.2) is 34.0 Å². The van der Waals surface area contributed by atoms with E-state index in [2.05, 4.69) is 30.7 Å². The minimum Gasteiger partial charge on any atom is -0.478 e. The van der Waals surface area contributed by atoms with Crippen LogP contribution >= 0.6 is 0 Å². The summed E-state index contributed by atoms with van der Waals surface area (Å²) in [6.07, 6.45) is 2.39. The second kappa shape index (κ2) is 5.29. The van der Waals surface area contributed by atoms with E-state index in [9.17, 15) is 9.90 Å². The summed E-state index contributed by atoms with van der Waals surface area (Å²) in [5, 5.41) is 9.27. The largest absolute Gasteiger partial charge is 0.478 e. The summed E-state index contributed by atoms with van der Waals surface area (Å²) in [7, 11) is 0. The molecular formula is C15H22N2O2. The molecule has 0 amide bonds. The molecule has 2 heterocycles. The molecule has 4 heteroatoms. The number of aromatic nitrogens is 1. The number of likely N-dealkylation sites (tertiary alicyclic amines) is 1. The number of hydrogen-bond acceptors (Lipinski definition) is 3. The van der Waals surface area contributed by atoms with Gasteiger partial charge in [-0.3, -0.25) is 9.88 Å². The number of carboxylic acids is 1. The summed E-state index contributed by atoms with van der Waals surface area (Å²) in [6, 6.07) is 3.53. The van der Waals surface area contributed by atoms with E-state index >= 15 is 0 Å². The zero-order valence-corrected chi connectivity index (χ0v) is 11.9. The van der Waals surface area contributed by atoms with Crippen molar-refractivity contribution in [2.75, 3.05) is 13.1 Å². The average molecular weight is 262 g/mol. The highest BCUT2D eigenvalue weighted by Gasteiger charge is 2.21. The Kier molecular flexibility index (Phi) is 3.90. The zero-order valence-electron chi connectivity index (χ0n) is 11.9. The van der Waals surface area contributed by atoms with E-state index in [1.807, 2.05) is 6.07 Å². The van der Waals surface area contributed by atoms with Gasteiger partial charge in [-0.2, -0.15) is 0 Å². The smallest absolute Gasteiger partial charge is 0.337 e. The molecule has 0 bridgehead atoms. The van der Waals surface area contributed by atoms with E-state index < -0.39 is 5.97 Å². The molecule has 1 fully saturated rings. The van der Waals surface area contributed by atoms with Gasteiger partial charge in [0.05, 0.1) is 11.3 Å². The summed E-state index contributed by atoms with van der Waals surface area (Å²) in [5.41, 5.74) is 1.92. The molecule has 1 saturated heterocycles. The number of rotatable bonds is 3. The highest BCUT2D eigenvalue weighted by Crippen LogP contribution is 2.23. The molecule has 104 valence electrons. The minimum atomic E-state index is -0.887. The molecule has 0 aliphatic carbocycles. The number of nitrogens with zero attached hydrogens (tertiary/aromatic N) is 2. The standard InChI is InChI=1S/C15H22N2O2/c1-15(2,3)13-7-6-11(14(18)19)12(16-13)10-17-8-4-5-9-17/h6-7H,4-5,8-10H2,1-3H3,(H,18,19). The van der Waals surface area contributed by atoms with Gasteiger partial charge in [-0.15, -0.1) is 0 Å². The maximum Gasteiger partial charge on any atom is 0.337 e. The van der Waals surface area contributed by atoms with Gasteiger partial charge in [0.1, 0.15) is 0 Å². The summed E-state index contributed by atoms with van der Waals surface area (Å²) < 4.78 is 0. The molecule has 19 heavy (non-hydrogen) atoms. The van der Waals surface area contributed by atoms with Crippen molar-refractivity contribution in [3.8, 4) is 0 Å². The van der Waals surface area contributed by atoms with Crippen LogP contribution in [0, 0.1) is 0 Å². The molecule has 1 aliphatic heterocycles. The van der Waals surface area contributed by atoms with Crippen LogP contribution in [0.2, 0.25) is 0 Å². The number of aromatic carboxylic acids is 1. The molecule has 0 atom stereocenters. The van der Waals surface area contributed by atoms with E-state index in [4.69, 9.17) is 0 Å². The van der Waals surface area contributed by atoms with E-state index in [0.717, 1.165) is 18.8 Å². The van der Waals surface area contributed by atoms with Gasteiger partial charge in [-0.1, -0.05) is 20.8 Å². The second-order valence-corrected chi connectivity index (χ2v) is 6.23. The van der Waals surface area contributed by atoms with Crippen molar-refractivity contribution in [2.24, 2.45) is 0 Å². The number of carboxylic acid groups (broad SMARTS) is 1. The number of hydrogen-bond donors (Lipinski definition) is 1. The molecule has 1 N–H and O–H groups in total. The predicted molar refractivity (Wildman–Crippen MR) is 74.4 cm³/mol. The van der Waals surface area contributed by atoms with Crippen LogP contribution < -0.4 is 0 Å². The predicted octanol–water partition coefficient (Wildman–Crippen LogP) is 2.67. The van der Waals surface area contributed by atoms with Gasteiger partial charge < -0.3 is 5.11 Å². The molecular weight excluding hydrogens is 240 g/mol. The molecule has 0 radical (unpaired) electrons. The first-order valence-electron chi connectivity index (χ1n) is 6.84. The molecule has 0 saturated carbocycles. The van der Waals surface area contributed by atoms with Gasteiger partial charge in [0.2, 0.25) is 0 Å². The van der Waals surface area contributed by atoms with Gasteiger partial charge in [0.15, 0.2) is 0 Å². The lowest BCUT2D eigenvalue weighted by Gasteiger charge is -2.21. The molecule has 4 nitrogen and oxygen atoms in total. The summed E-state index contributed by atoms with van der Waals surface area (Å²) in [4.78, 5) is 18.2. The summed E-state index contributed by atoms with van der Waals surface area (Å²) >= 11 is 0. The first-order valence-corrected chi connectivity index (χ1v) is 6.84. The third-order valence-electron chi connectivity index (χ3n) is 3.55. The fraction of sp³-hybridized carbons (Fsp3) is 0.600. The van der Waals surface area contributed by atoms with Crippen LogP contribution in [0.1, 0.15) is 55.4 Å². The van der Waals surface area contributed by atoms with Crippen LogP contribution in [0.3, 0.4) is 0 Å². The Labute approximate surface area is 114 Å². The molecule has 1 aliphatic rings. The van der Waals surface area contributed by atoms with E-state index in [1.54, 1.807) is 6.07 Å². The quantitative estimate of drug-likeness (QED) is 0.910. The maximum absolute atomic E-state index is 11.3. The van der Waals surface area contributed by atoms with Crippen LogP contribution in [0.15, 0.2) is 12.1 Å². The third kappa shape index (κ3) is 3.32. The molecule has 0 spiro atoms. The van der Waals surface area contributed by atoms with E-state index in [0.29, 0.717) is 17.8 Å². The van der Waals surface area contributed by atoms with Crippen molar-refractivity contribution in [1.29, 1.82) is 0 Å². The Morgan fingerprint density at radius 3 is 2.47 bits per heavy atom. The Morgan fingerprint density at radius 1 is 1.32 bits per heavy atom. The highest BCUT2D eigenvalue weighted by molar-refractivity contribution is 5.88. The zero-order chi connectivity index (χ0) is 14.0. The molecule has 1 aromatic heterocycles. The highest BCUT2D eigenvalue weighted by atomic mass is 16.4. The van der Waals surface area contributed by atoms with Crippen molar-refractivity contribution in [3.05, 3.63) is 29.1 Å². The molecule has 0 unspecified atom stereocenters. The van der Waals surface area contributed by atoms with Gasteiger partial charge in [0.25, 0.3) is 0 Å². The normalized spacial score (nSPS) is 16.8. The summed E-state index contributed by atoms with van der Waals surface area (Å²) in [5.74, 6) is -0.887. The molecule has 1 aromatic rings. The first kappa shape index (κ1) is 14.0.